The lowest BCUT2D eigenvalue weighted by molar-refractivity contribution is -0.149. The molecule has 3 heteroatoms. The van der Waals surface area contributed by atoms with Gasteiger partial charge in [-0.25, -0.2) is 0 Å². The molecule has 92 valence electrons. The zero-order valence-corrected chi connectivity index (χ0v) is 10.4. The molecule has 1 heterocycles. The van der Waals surface area contributed by atoms with Crippen LogP contribution in [-0.2, 0) is 14.3 Å². The van der Waals surface area contributed by atoms with Gasteiger partial charge >= 0.3 is 5.97 Å². The highest BCUT2D eigenvalue weighted by Crippen LogP contribution is 2.72. The fourth-order valence-corrected chi connectivity index (χ4v) is 5.70. The minimum atomic E-state index is -0.394. The number of Topliss-reactive ketones (excluding diaryl/α,β-unsaturated/α-hetero) is 1. The van der Waals surface area contributed by atoms with Gasteiger partial charge in [0, 0.05) is 11.8 Å². The number of ketones is 1. The van der Waals surface area contributed by atoms with E-state index in [1.165, 1.54) is 0 Å². The second-order valence-corrected chi connectivity index (χ2v) is 7.11. The number of ether oxygens (including phenoxy) is 1. The van der Waals surface area contributed by atoms with Crippen molar-refractivity contribution in [1.82, 2.24) is 0 Å². The van der Waals surface area contributed by atoms with Crippen molar-refractivity contribution in [2.75, 3.05) is 0 Å². The summed E-state index contributed by atoms with van der Waals surface area (Å²) in [6, 6.07) is 0. The molecule has 1 saturated heterocycles. The number of hydrogen-bond acceptors (Lipinski definition) is 3. The second kappa shape index (κ2) is 2.60. The molecule has 0 amide bonds. The van der Waals surface area contributed by atoms with Gasteiger partial charge in [-0.1, -0.05) is 13.8 Å². The van der Waals surface area contributed by atoms with Crippen LogP contribution in [0.1, 0.15) is 39.5 Å². The highest BCUT2D eigenvalue weighted by molar-refractivity contribution is 5.94. The molecule has 1 aliphatic heterocycles. The van der Waals surface area contributed by atoms with Crippen molar-refractivity contribution in [2.45, 2.75) is 45.6 Å². The van der Waals surface area contributed by atoms with E-state index in [1.807, 2.05) is 0 Å². The monoisotopic (exact) mass is 234 g/mol. The molecule has 0 aromatic rings. The van der Waals surface area contributed by atoms with E-state index >= 15 is 0 Å². The maximum atomic E-state index is 12.1. The number of esters is 1. The number of carbonyl (C=O) groups is 2. The van der Waals surface area contributed by atoms with E-state index in [4.69, 9.17) is 4.74 Å². The molecule has 4 fully saturated rings. The van der Waals surface area contributed by atoms with Gasteiger partial charge in [0.15, 0.2) is 11.9 Å². The van der Waals surface area contributed by atoms with Crippen molar-refractivity contribution in [3.63, 3.8) is 0 Å². The van der Waals surface area contributed by atoms with E-state index in [2.05, 4.69) is 13.8 Å². The maximum Gasteiger partial charge on any atom is 0.310 e. The fraction of sp³-hybridized carbons (Fsp3) is 0.857. The van der Waals surface area contributed by atoms with E-state index in [0.717, 1.165) is 19.3 Å². The van der Waals surface area contributed by atoms with Gasteiger partial charge in [-0.05, 0) is 36.5 Å². The Bertz CT molecular complexity index is 437. The standard InChI is InChI=1S/C14H18O3/c1-13(2)6-14-8-4-3-7(13)9(14)5-10(15)11(14)17-12(8)16/h7-9,11H,3-6H2,1-2H3/t7-,8+,9-,11+,14-/m0/s1. The first-order valence-corrected chi connectivity index (χ1v) is 6.70. The highest BCUT2D eigenvalue weighted by Gasteiger charge is 2.75. The summed E-state index contributed by atoms with van der Waals surface area (Å²) >= 11 is 0. The van der Waals surface area contributed by atoms with Crippen LogP contribution in [0.2, 0.25) is 0 Å². The normalized spacial score (nSPS) is 53.8. The Morgan fingerprint density at radius 2 is 1.94 bits per heavy atom. The molecule has 1 spiro atoms. The zero-order chi connectivity index (χ0) is 12.0. The third-order valence-corrected chi connectivity index (χ3v) is 6.08. The fourth-order valence-electron chi connectivity index (χ4n) is 5.70. The molecule has 17 heavy (non-hydrogen) atoms. The SMILES string of the molecule is CC1(C)C[C@]23[C@@H]4CC[C@H]1[C@@H]2CC(=O)[C@H]3OC4=O. The Balaban J connectivity index is 1.92. The molecule has 5 atom stereocenters. The van der Waals surface area contributed by atoms with Crippen molar-refractivity contribution in [2.24, 2.45) is 28.6 Å². The molecule has 3 nitrogen and oxygen atoms in total. The quantitative estimate of drug-likeness (QED) is 0.602. The topological polar surface area (TPSA) is 43.4 Å². The summed E-state index contributed by atoms with van der Waals surface area (Å²) in [6.07, 6.45) is 3.30. The van der Waals surface area contributed by atoms with Crippen LogP contribution in [0.3, 0.4) is 0 Å². The van der Waals surface area contributed by atoms with E-state index in [0.29, 0.717) is 18.3 Å². The Kier molecular flexibility index (Phi) is 1.54. The molecule has 0 N–H and O–H groups in total. The number of carbonyl (C=O) groups excluding carboxylic acids is 2. The predicted molar refractivity (Wildman–Crippen MR) is 60.0 cm³/mol. The molecule has 0 aromatic heterocycles. The third-order valence-electron chi connectivity index (χ3n) is 6.08. The molecule has 3 aliphatic carbocycles. The minimum absolute atomic E-state index is 0.0157. The predicted octanol–water partition coefficient (Wildman–Crippen LogP) is 1.94. The first kappa shape index (κ1) is 10.1. The van der Waals surface area contributed by atoms with E-state index in [9.17, 15) is 9.59 Å². The zero-order valence-electron chi connectivity index (χ0n) is 10.4. The maximum absolute atomic E-state index is 12.1. The van der Waals surface area contributed by atoms with Gasteiger partial charge in [0.05, 0.1) is 5.92 Å². The van der Waals surface area contributed by atoms with Gasteiger partial charge in [0.2, 0.25) is 0 Å². The highest BCUT2D eigenvalue weighted by atomic mass is 16.6. The van der Waals surface area contributed by atoms with Gasteiger partial charge in [0.25, 0.3) is 0 Å². The van der Waals surface area contributed by atoms with Crippen LogP contribution in [0.15, 0.2) is 0 Å². The molecular weight excluding hydrogens is 216 g/mol. The molecular formula is C14H18O3. The molecule has 4 rings (SSSR count). The lowest BCUT2D eigenvalue weighted by atomic mass is 9.63. The van der Waals surface area contributed by atoms with Crippen molar-refractivity contribution >= 4 is 11.8 Å². The van der Waals surface area contributed by atoms with Crippen molar-refractivity contribution in [3.05, 3.63) is 0 Å². The van der Waals surface area contributed by atoms with Gasteiger partial charge in [-0.3, -0.25) is 9.59 Å². The summed E-state index contributed by atoms with van der Waals surface area (Å²) in [6.45, 7) is 4.61. The minimum Gasteiger partial charge on any atom is -0.453 e. The van der Waals surface area contributed by atoms with Crippen LogP contribution >= 0.6 is 0 Å². The second-order valence-electron chi connectivity index (χ2n) is 7.11. The van der Waals surface area contributed by atoms with Crippen LogP contribution in [0.25, 0.3) is 0 Å². The first-order valence-electron chi connectivity index (χ1n) is 6.70. The smallest absolute Gasteiger partial charge is 0.310 e. The van der Waals surface area contributed by atoms with Crippen LogP contribution in [0, 0.1) is 28.6 Å². The van der Waals surface area contributed by atoms with Crippen molar-refractivity contribution in [3.8, 4) is 0 Å². The Morgan fingerprint density at radius 3 is 2.71 bits per heavy atom. The Morgan fingerprint density at radius 1 is 1.18 bits per heavy atom. The Labute approximate surface area is 101 Å². The number of hydrogen-bond donors (Lipinski definition) is 0. The van der Waals surface area contributed by atoms with E-state index in [-0.39, 0.29) is 28.5 Å². The summed E-state index contributed by atoms with van der Waals surface area (Å²) in [7, 11) is 0. The van der Waals surface area contributed by atoms with Crippen molar-refractivity contribution < 1.29 is 14.3 Å². The van der Waals surface area contributed by atoms with Crippen LogP contribution in [0.5, 0.6) is 0 Å². The summed E-state index contributed by atoms with van der Waals surface area (Å²) < 4.78 is 5.44. The van der Waals surface area contributed by atoms with Crippen LogP contribution in [0.4, 0.5) is 0 Å². The van der Waals surface area contributed by atoms with E-state index in [1.54, 1.807) is 0 Å². The van der Waals surface area contributed by atoms with Gasteiger partial charge in [-0.2, -0.15) is 0 Å². The lowest BCUT2D eigenvalue weighted by Gasteiger charge is -2.37. The van der Waals surface area contributed by atoms with E-state index < -0.39 is 6.10 Å². The van der Waals surface area contributed by atoms with Crippen LogP contribution < -0.4 is 0 Å². The lowest BCUT2D eigenvalue weighted by Crippen LogP contribution is -2.39. The molecule has 4 aliphatic rings. The van der Waals surface area contributed by atoms with Gasteiger partial charge in [0.1, 0.15) is 0 Å². The molecule has 0 radical (unpaired) electrons. The summed E-state index contributed by atoms with van der Waals surface area (Å²) in [5, 5.41) is 0. The molecule has 2 bridgehead atoms. The largest absolute Gasteiger partial charge is 0.453 e. The molecule has 0 aromatic carbocycles. The van der Waals surface area contributed by atoms with Gasteiger partial charge in [-0.15, -0.1) is 0 Å². The molecule has 0 unspecified atom stereocenters. The third kappa shape index (κ3) is 0.892. The van der Waals surface area contributed by atoms with Crippen molar-refractivity contribution in [1.29, 1.82) is 0 Å². The Hall–Kier alpha value is -0.860. The number of rotatable bonds is 0. The summed E-state index contributed by atoms with van der Waals surface area (Å²) in [5.41, 5.74) is 0.160. The van der Waals surface area contributed by atoms with Gasteiger partial charge < -0.3 is 4.74 Å². The molecule has 3 saturated carbocycles. The average molecular weight is 234 g/mol. The van der Waals surface area contributed by atoms with Crippen LogP contribution in [-0.4, -0.2) is 17.9 Å². The first-order chi connectivity index (χ1) is 7.97. The summed E-state index contributed by atoms with van der Waals surface area (Å²) in [4.78, 5) is 24.0. The summed E-state index contributed by atoms with van der Waals surface area (Å²) in [5.74, 6) is 1.14. The average Bonchev–Trinajstić information content (AvgIpc) is 2.70.